The van der Waals surface area contributed by atoms with Gasteiger partial charge in [-0.15, -0.1) is 0 Å². The number of furan rings is 2. The zero-order valence-corrected chi connectivity index (χ0v) is 14.8. The standard InChI is InChI=1S/C20H22N2O4/c1-14-17-4-2-3-5-18(17)26-19(14)11-21-20(23)15-10-16(25-13-15)12-22-6-8-24-9-7-22/h2-5,10,13H,6-9,11-12H2,1H3,(H,21,23). The van der Waals surface area contributed by atoms with E-state index in [-0.39, 0.29) is 5.91 Å². The van der Waals surface area contributed by atoms with Gasteiger partial charge in [0, 0.05) is 24.0 Å². The van der Waals surface area contributed by atoms with Gasteiger partial charge in [0.1, 0.15) is 23.4 Å². The highest BCUT2D eigenvalue weighted by atomic mass is 16.5. The molecular weight excluding hydrogens is 332 g/mol. The first-order valence-electron chi connectivity index (χ1n) is 8.83. The summed E-state index contributed by atoms with van der Waals surface area (Å²) in [4.78, 5) is 14.7. The van der Waals surface area contributed by atoms with Crippen molar-refractivity contribution in [2.24, 2.45) is 0 Å². The Bertz CT molecular complexity index is 906. The zero-order chi connectivity index (χ0) is 17.9. The first-order valence-corrected chi connectivity index (χ1v) is 8.83. The van der Waals surface area contributed by atoms with Gasteiger partial charge in [0.15, 0.2) is 0 Å². The fraction of sp³-hybridized carbons (Fsp3) is 0.350. The van der Waals surface area contributed by atoms with E-state index in [0.29, 0.717) is 18.7 Å². The van der Waals surface area contributed by atoms with Gasteiger partial charge in [-0.25, -0.2) is 0 Å². The van der Waals surface area contributed by atoms with E-state index >= 15 is 0 Å². The number of benzene rings is 1. The van der Waals surface area contributed by atoms with E-state index in [9.17, 15) is 4.79 Å². The monoisotopic (exact) mass is 354 g/mol. The van der Waals surface area contributed by atoms with Crippen molar-refractivity contribution in [3.05, 3.63) is 59.2 Å². The lowest BCUT2D eigenvalue weighted by atomic mass is 10.1. The number of aryl methyl sites for hydroxylation is 1. The topological polar surface area (TPSA) is 67.9 Å². The van der Waals surface area contributed by atoms with E-state index in [1.807, 2.05) is 31.2 Å². The van der Waals surface area contributed by atoms with Crippen molar-refractivity contribution in [3.63, 3.8) is 0 Å². The minimum absolute atomic E-state index is 0.165. The highest BCUT2D eigenvalue weighted by Crippen LogP contribution is 2.24. The minimum Gasteiger partial charge on any atom is -0.467 e. The molecule has 0 aliphatic carbocycles. The van der Waals surface area contributed by atoms with Gasteiger partial charge in [-0.1, -0.05) is 18.2 Å². The normalized spacial score (nSPS) is 15.4. The molecule has 0 saturated carbocycles. The van der Waals surface area contributed by atoms with Crippen molar-refractivity contribution in [3.8, 4) is 0 Å². The third-order valence-electron chi connectivity index (χ3n) is 4.75. The van der Waals surface area contributed by atoms with Crippen LogP contribution in [0.5, 0.6) is 0 Å². The molecule has 1 aliphatic rings. The molecule has 0 atom stereocenters. The molecule has 3 heterocycles. The Morgan fingerprint density at radius 1 is 1.23 bits per heavy atom. The third-order valence-corrected chi connectivity index (χ3v) is 4.75. The van der Waals surface area contributed by atoms with Gasteiger partial charge in [0.05, 0.1) is 31.9 Å². The highest BCUT2D eigenvalue weighted by molar-refractivity contribution is 5.94. The first kappa shape index (κ1) is 16.9. The molecule has 6 heteroatoms. The molecule has 1 aliphatic heterocycles. The molecule has 136 valence electrons. The SMILES string of the molecule is Cc1c(CNC(=O)c2coc(CN3CCOCC3)c2)oc2ccccc12. The van der Waals surface area contributed by atoms with Crippen molar-refractivity contribution < 1.29 is 18.4 Å². The summed E-state index contributed by atoms with van der Waals surface area (Å²) in [5.74, 6) is 1.40. The zero-order valence-electron chi connectivity index (χ0n) is 14.8. The molecule has 1 aromatic carbocycles. The molecule has 4 rings (SSSR count). The summed E-state index contributed by atoms with van der Waals surface area (Å²) in [7, 11) is 0. The number of ether oxygens (including phenoxy) is 1. The summed E-state index contributed by atoms with van der Waals surface area (Å²) in [6.07, 6.45) is 1.51. The predicted molar refractivity (Wildman–Crippen MR) is 96.9 cm³/mol. The fourth-order valence-corrected chi connectivity index (χ4v) is 3.22. The second-order valence-electron chi connectivity index (χ2n) is 6.52. The quantitative estimate of drug-likeness (QED) is 0.763. The average molecular weight is 354 g/mol. The van der Waals surface area contributed by atoms with E-state index in [1.54, 1.807) is 6.07 Å². The van der Waals surface area contributed by atoms with E-state index < -0.39 is 0 Å². The van der Waals surface area contributed by atoms with Crippen LogP contribution in [0.25, 0.3) is 11.0 Å². The second-order valence-corrected chi connectivity index (χ2v) is 6.52. The maximum Gasteiger partial charge on any atom is 0.254 e. The molecule has 1 amide bonds. The number of para-hydroxylation sites is 1. The van der Waals surface area contributed by atoms with Crippen LogP contribution < -0.4 is 5.32 Å². The van der Waals surface area contributed by atoms with Crippen LogP contribution in [0.3, 0.4) is 0 Å². The minimum atomic E-state index is -0.165. The first-order chi connectivity index (χ1) is 12.7. The van der Waals surface area contributed by atoms with Crippen molar-refractivity contribution >= 4 is 16.9 Å². The molecular formula is C20H22N2O4. The Morgan fingerprint density at radius 3 is 2.85 bits per heavy atom. The van der Waals surface area contributed by atoms with Crippen molar-refractivity contribution in [1.29, 1.82) is 0 Å². The molecule has 26 heavy (non-hydrogen) atoms. The van der Waals surface area contributed by atoms with Gasteiger partial charge in [-0.2, -0.15) is 0 Å². The van der Waals surface area contributed by atoms with Crippen molar-refractivity contribution in [1.82, 2.24) is 10.2 Å². The number of nitrogens with one attached hydrogen (secondary N) is 1. The lowest BCUT2D eigenvalue weighted by Crippen LogP contribution is -2.35. The average Bonchev–Trinajstić information content (AvgIpc) is 3.26. The summed E-state index contributed by atoms with van der Waals surface area (Å²) in [5, 5.41) is 3.98. The summed E-state index contributed by atoms with van der Waals surface area (Å²) >= 11 is 0. The molecule has 3 aromatic rings. The molecule has 0 spiro atoms. The Hall–Kier alpha value is -2.57. The van der Waals surface area contributed by atoms with Gasteiger partial charge in [0.25, 0.3) is 5.91 Å². The maximum absolute atomic E-state index is 12.4. The van der Waals surface area contributed by atoms with Crippen LogP contribution in [-0.2, 0) is 17.8 Å². The van der Waals surface area contributed by atoms with Crippen LogP contribution in [0.15, 0.2) is 45.4 Å². The van der Waals surface area contributed by atoms with Crippen molar-refractivity contribution in [2.45, 2.75) is 20.0 Å². The van der Waals surface area contributed by atoms with Crippen molar-refractivity contribution in [2.75, 3.05) is 26.3 Å². The Labute approximate surface area is 151 Å². The van der Waals surface area contributed by atoms with Gasteiger partial charge in [-0.3, -0.25) is 9.69 Å². The summed E-state index contributed by atoms with van der Waals surface area (Å²) in [6, 6.07) is 9.68. The van der Waals surface area contributed by atoms with Crippen LogP contribution in [0.2, 0.25) is 0 Å². The van der Waals surface area contributed by atoms with E-state index in [4.69, 9.17) is 13.6 Å². The van der Waals surface area contributed by atoms with E-state index in [2.05, 4.69) is 10.2 Å². The second kappa shape index (κ2) is 7.35. The highest BCUT2D eigenvalue weighted by Gasteiger charge is 2.16. The number of morpholine rings is 1. The lowest BCUT2D eigenvalue weighted by molar-refractivity contribution is 0.0313. The smallest absolute Gasteiger partial charge is 0.254 e. The Kier molecular flexibility index (Phi) is 4.77. The molecule has 1 saturated heterocycles. The number of nitrogens with zero attached hydrogens (tertiary/aromatic N) is 1. The van der Waals surface area contributed by atoms with Gasteiger partial charge >= 0.3 is 0 Å². The van der Waals surface area contributed by atoms with Crippen LogP contribution >= 0.6 is 0 Å². The van der Waals surface area contributed by atoms with Crippen LogP contribution in [0.4, 0.5) is 0 Å². The fourth-order valence-electron chi connectivity index (χ4n) is 3.22. The Balaban J connectivity index is 1.38. The van der Waals surface area contributed by atoms with Gasteiger partial charge in [0.2, 0.25) is 0 Å². The van der Waals surface area contributed by atoms with Crippen LogP contribution in [-0.4, -0.2) is 37.1 Å². The maximum atomic E-state index is 12.4. The number of rotatable bonds is 5. The molecule has 2 aromatic heterocycles. The number of hydrogen-bond donors (Lipinski definition) is 1. The molecule has 0 unspecified atom stereocenters. The van der Waals surface area contributed by atoms with E-state index in [1.165, 1.54) is 6.26 Å². The number of carbonyl (C=O) groups is 1. The van der Waals surface area contributed by atoms with E-state index in [0.717, 1.165) is 54.4 Å². The van der Waals surface area contributed by atoms with Crippen LogP contribution in [0.1, 0.15) is 27.4 Å². The summed E-state index contributed by atoms with van der Waals surface area (Å²) in [5.41, 5.74) is 2.42. The summed E-state index contributed by atoms with van der Waals surface area (Å²) < 4.78 is 16.7. The Morgan fingerprint density at radius 2 is 2.04 bits per heavy atom. The lowest BCUT2D eigenvalue weighted by Gasteiger charge is -2.25. The number of hydrogen-bond acceptors (Lipinski definition) is 5. The van der Waals surface area contributed by atoms with Gasteiger partial charge in [-0.05, 0) is 19.1 Å². The van der Waals surface area contributed by atoms with Crippen LogP contribution in [0, 0.1) is 6.92 Å². The molecule has 6 nitrogen and oxygen atoms in total. The number of fused-ring (bicyclic) bond motifs is 1. The molecule has 0 bridgehead atoms. The molecule has 1 N–H and O–H groups in total. The largest absolute Gasteiger partial charge is 0.467 e. The third kappa shape index (κ3) is 3.52. The van der Waals surface area contributed by atoms with Gasteiger partial charge < -0.3 is 18.9 Å². The summed E-state index contributed by atoms with van der Waals surface area (Å²) in [6.45, 7) is 6.30. The molecule has 0 radical (unpaired) electrons. The number of carbonyl (C=O) groups excluding carboxylic acids is 1. The predicted octanol–water partition coefficient (Wildman–Crippen LogP) is 3.10. The molecule has 1 fully saturated rings. The number of amides is 1.